The van der Waals surface area contributed by atoms with E-state index in [-0.39, 0.29) is 10.4 Å². The molecule has 1 aromatic heterocycles. The molecule has 2 unspecified atom stereocenters. The number of imidazole rings is 1. The number of hydrogen-bond acceptors (Lipinski definition) is 3. The van der Waals surface area contributed by atoms with Gasteiger partial charge in [-0.3, -0.25) is 0 Å². The third-order valence-electron chi connectivity index (χ3n) is 3.97. The van der Waals surface area contributed by atoms with Gasteiger partial charge >= 0.3 is 0 Å². The van der Waals surface area contributed by atoms with E-state index in [0.29, 0.717) is 12.5 Å². The maximum atomic E-state index is 12.3. The number of alkyl halides is 1. The van der Waals surface area contributed by atoms with Crippen molar-refractivity contribution in [2.75, 3.05) is 6.54 Å². The van der Waals surface area contributed by atoms with Gasteiger partial charge in [0.15, 0.2) is 5.03 Å². The van der Waals surface area contributed by atoms with Crippen molar-refractivity contribution in [2.24, 2.45) is 5.92 Å². The Morgan fingerprint density at radius 3 is 2.90 bits per heavy atom. The van der Waals surface area contributed by atoms with Gasteiger partial charge in [0.2, 0.25) is 0 Å². The summed E-state index contributed by atoms with van der Waals surface area (Å²) < 4.78 is 29.2. The Morgan fingerprint density at radius 2 is 2.24 bits per heavy atom. The number of halogens is 1. The van der Waals surface area contributed by atoms with Crippen LogP contribution in [0.2, 0.25) is 0 Å². The minimum atomic E-state index is -3.52. The van der Waals surface area contributed by atoms with Crippen LogP contribution in [0.1, 0.15) is 44.9 Å². The molecular formula is C14H24ClN3O2S. The number of sulfonamides is 1. The van der Waals surface area contributed by atoms with Gasteiger partial charge in [-0.05, 0) is 38.5 Å². The quantitative estimate of drug-likeness (QED) is 0.814. The van der Waals surface area contributed by atoms with Crippen LogP contribution in [0.25, 0.3) is 0 Å². The lowest BCUT2D eigenvalue weighted by Gasteiger charge is -2.25. The van der Waals surface area contributed by atoms with Gasteiger partial charge in [0.25, 0.3) is 10.0 Å². The van der Waals surface area contributed by atoms with Crippen molar-refractivity contribution in [1.29, 1.82) is 0 Å². The molecule has 21 heavy (non-hydrogen) atoms. The number of rotatable bonds is 6. The van der Waals surface area contributed by atoms with Crippen molar-refractivity contribution in [3.05, 3.63) is 12.0 Å². The molecule has 1 heterocycles. The van der Waals surface area contributed by atoms with Crippen LogP contribution in [0.15, 0.2) is 11.2 Å². The highest BCUT2D eigenvalue weighted by atomic mass is 35.5. The highest BCUT2D eigenvalue weighted by molar-refractivity contribution is 7.89. The minimum absolute atomic E-state index is 0.117. The van der Waals surface area contributed by atoms with Gasteiger partial charge in [-0.1, -0.05) is 13.3 Å². The molecule has 1 aliphatic carbocycles. The lowest BCUT2D eigenvalue weighted by Crippen LogP contribution is -2.32. The van der Waals surface area contributed by atoms with Crippen molar-refractivity contribution in [1.82, 2.24) is 14.3 Å². The lowest BCUT2D eigenvalue weighted by molar-refractivity contribution is 0.361. The third-order valence-corrected chi connectivity index (χ3v) is 5.67. The van der Waals surface area contributed by atoms with Gasteiger partial charge in [-0.2, -0.15) is 0 Å². The minimum Gasteiger partial charge on any atom is -0.334 e. The highest BCUT2D eigenvalue weighted by Crippen LogP contribution is 2.27. The normalized spacial score (nSPS) is 23.4. The molecule has 1 aromatic rings. The molecule has 1 saturated carbocycles. The van der Waals surface area contributed by atoms with Crippen LogP contribution < -0.4 is 4.72 Å². The van der Waals surface area contributed by atoms with Crippen molar-refractivity contribution >= 4 is 21.6 Å². The van der Waals surface area contributed by atoms with E-state index in [1.807, 2.05) is 11.5 Å². The number of hydrogen-bond donors (Lipinski definition) is 1. The summed E-state index contributed by atoms with van der Waals surface area (Å²) in [6.45, 7) is 5.11. The summed E-state index contributed by atoms with van der Waals surface area (Å²) in [6, 6.07) is 0. The molecular weight excluding hydrogens is 310 g/mol. The highest BCUT2D eigenvalue weighted by Gasteiger charge is 2.24. The Balaban J connectivity index is 1.99. The number of aromatic nitrogens is 2. The Bertz CT molecular complexity index is 571. The fourth-order valence-corrected chi connectivity index (χ4v) is 4.32. The van der Waals surface area contributed by atoms with Crippen molar-refractivity contribution in [3.63, 3.8) is 0 Å². The predicted octanol–water partition coefficient (Wildman–Crippen LogP) is 2.68. The van der Waals surface area contributed by atoms with Crippen LogP contribution in [0, 0.1) is 12.8 Å². The SMILES string of the molecule is CCCn1cc(S(=O)(=O)NCC2CCCC(Cl)C2)nc1C. The molecule has 5 nitrogen and oxygen atoms in total. The van der Waals surface area contributed by atoms with E-state index >= 15 is 0 Å². The average Bonchev–Trinajstić information content (AvgIpc) is 2.80. The zero-order valence-corrected chi connectivity index (χ0v) is 14.3. The molecule has 0 aliphatic heterocycles. The second-order valence-corrected chi connectivity index (χ2v) is 8.13. The standard InChI is InChI=1S/C14H24ClN3O2S/c1-3-7-18-10-14(17-11(18)2)21(19,20)16-9-12-5-4-6-13(15)8-12/h10,12-13,16H,3-9H2,1-2H3. The second-order valence-electron chi connectivity index (χ2n) is 5.80. The Labute approximate surface area is 132 Å². The van der Waals surface area contributed by atoms with E-state index in [2.05, 4.69) is 16.6 Å². The molecule has 0 aromatic carbocycles. The Morgan fingerprint density at radius 1 is 1.48 bits per heavy atom. The summed E-state index contributed by atoms with van der Waals surface area (Å²) in [5.41, 5.74) is 0. The van der Waals surface area contributed by atoms with Gasteiger partial charge in [-0.25, -0.2) is 18.1 Å². The van der Waals surface area contributed by atoms with Crippen molar-refractivity contribution in [2.45, 2.75) is 62.9 Å². The van der Waals surface area contributed by atoms with E-state index in [0.717, 1.165) is 44.5 Å². The fourth-order valence-electron chi connectivity index (χ4n) is 2.79. The predicted molar refractivity (Wildman–Crippen MR) is 84.0 cm³/mol. The Kier molecular flexibility index (Phi) is 5.68. The first-order chi connectivity index (χ1) is 9.92. The summed E-state index contributed by atoms with van der Waals surface area (Å²) in [5, 5.41) is 0.297. The van der Waals surface area contributed by atoms with E-state index in [1.54, 1.807) is 6.20 Å². The number of aryl methyl sites for hydroxylation is 2. The molecule has 120 valence electrons. The molecule has 1 aliphatic rings. The molecule has 2 atom stereocenters. The molecule has 1 fully saturated rings. The average molecular weight is 334 g/mol. The first-order valence-electron chi connectivity index (χ1n) is 7.60. The zero-order valence-electron chi connectivity index (χ0n) is 12.7. The summed E-state index contributed by atoms with van der Waals surface area (Å²) >= 11 is 6.14. The molecule has 0 spiro atoms. The molecule has 0 bridgehead atoms. The zero-order chi connectivity index (χ0) is 15.5. The monoisotopic (exact) mass is 333 g/mol. The number of nitrogens with one attached hydrogen (secondary N) is 1. The van der Waals surface area contributed by atoms with E-state index < -0.39 is 10.0 Å². The number of nitrogens with zero attached hydrogens (tertiary/aromatic N) is 2. The van der Waals surface area contributed by atoms with Gasteiger partial charge < -0.3 is 4.57 Å². The Hall–Kier alpha value is -0.590. The first-order valence-corrected chi connectivity index (χ1v) is 9.52. The van der Waals surface area contributed by atoms with Gasteiger partial charge in [0.1, 0.15) is 5.82 Å². The molecule has 1 N–H and O–H groups in total. The molecule has 7 heteroatoms. The topological polar surface area (TPSA) is 64.0 Å². The summed E-state index contributed by atoms with van der Waals surface area (Å²) in [5.74, 6) is 1.06. The fraction of sp³-hybridized carbons (Fsp3) is 0.786. The van der Waals surface area contributed by atoms with Gasteiger partial charge in [0, 0.05) is 24.7 Å². The van der Waals surface area contributed by atoms with Crippen LogP contribution in [0.5, 0.6) is 0 Å². The maximum absolute atomic E-state index is 12.3. The van der Waals surface area contributed by atoms with Crippen LogP contribution in [-0.2, 0) is 16.6 Å². The molecule has 2 rings (SSSR count). The smallest absolute Gasteiger partial charge is 0.259 e. The molecule has 0 amide bonds. The molecule has 0 saturated heterocycles. The van der Waals surface area contributed by atoms with Gasteiger partial charge in [0.05, 0.1) is 0 Å². The van der Waals surface area contributed by atoms with Crippen LogP contribution in [0.4, 0.5) is 0 Å². The summed E-state index contributed by atoms with van der Waals surface area (Å²) in [7, 11) is -3.52. The van der Waals surface area contributed by atoms with E-state index in [1.165, 1.54) is 0 Å². The van der Waals surface area contributed by atoms with E-state index in [9.17, 15) is 8.42 Å². The summed E-state index contributed by atoms with van der Waals surface area (Å²) in [4.78, 5) is 4.17. The second kappa shape index (κ2) is 7.11. The maximum Gasteiger partial charge on any atom is 0.259 e. The van der Waals surface area contributed by atoms with Crippen molar-refractivity contribution in [3.8, 4) is 0 Å². The third kappa shape index (κ3) is 4.44. The molecule has 0 radical (unpaired) electrons. The largest absolute Gasteiger partial charge is 0.334 e. The first kappa shape index (κ1) is 16.8. The van der Waals surface area contributed by atoms with E-state index in [4.69, 9.17) is 11.6 Å². The van der Waals surface area contributed by atoms with Crippen LogP contribution in [0.3, 0.4) is 0 Å². The van der Waals surface area contributed by atoms with Crippen molar-refractivity contribution < 1.29 is 8.42 Å². The summed E-state index contributed by atoms with van der Waals surface area (Å²) in [6.07, 6.45) is 6.59. The van der Waals surface area contributed by atoms with Crippen LogP contribution >= 0.6 is 11.6 Å². The van der Waals surface area contributed by atoms with Gasteiger partial charge in [-0.15, -0.1) is 11.6 Å². The lowest BCUT2D eigenvalue weighted by atomic mass is 9.89. The van der Waals surface area contributed by atoms with Crippen LogP contribution in [-0.4, -0.2) is 29.9 Å².